The maximum atomic E-state index is 15.1. The molecule has 0 aromatic heterocycles. The molecule has 2 aromatic rings. The second-order valence-corrected chi connectivity index (χ2v) is 23.0. The molecule has 5 unspecified atom stereocenters. The van der Waals surface area contributed by atoms with Crippen LogP contribution in [0, 0.1) is 12.8 Å². The zero-order valence-corrected chi connectivity index (χ0v) is 48.2. The van der Waals surface area contributed by atoms with Gasteiger partial charge in [-0.1, -0.05) is 18.2 Å². The SMILES string of the molecule is C/C=C/C=C/C(=O)O[C@@H]1C[C@H](O[C@@H]2C[C@H](Oc3cc4cc5c(c(O)c4c(O)c3C)C(=O)[C@@H](O[C@H]3C[C@@H](O[C@H]4C[C@@H](O[C@H]6C[C@](C)(O)[C@H](O)C(C)O6)[C@@H](O)C(C)O4)[C@H](O)C(C)O3)[C@H]([C@H](OC)C(=O)[C@@H](O)[C@@H](C)O)C5)OC(C)[C@H]2O)OC(C)[C@H]1O. The molecular weight excluding hydrogens is 1100 g/mol. The molecule has 25 atom stereocenters. The van der Waals surface area contributed by atoms with E-state index in [1.807, 2.05) is 0 Å². The van der Waals surface area contributed by atoms with Crippen LogP contribution in [-0.2, 0) is 68.1 Å². The van der Waals surface area contributed by atoms with Crippen molar-refractivity contribution in [2.24, 2.45) is 5.92 Å². The number of hydrogen-bond acceptors (Lipinski definition) is 25. The van der Waals surface area contributed by atoms with Crippen molar-refractivity contribution in [1.29, 1.82) is 0 Å². The average Bonchev–Trinajstić information content (AvgIpc) is 2.52. The summed E-state index contributed by atoms with van der Waals surface area (Å²) in [5.41, 5.74) is -1.52. The number of hydrogen-bond donors (Lipinski definition) is 10. The van der Waals surface area contributed by atoms with Gasteiger partial charge >= 0.3 is 5.97 Å². The van der Waals surface area contributed by atoms with Crippen molar-refractivity contribution in [3.8, 4) is 17.2 Å². The van der Waals surface area contributed by atoms with Gasteiger partial charge in [-0.15, -0.1) is 0 Å². The first-order chi connectivity index (χ1) is 39.1. The smallest absolute Gasteiger partial charge is 0.331 e. The Kier molecular flexibility index (Phi) is 20.8. The Balaban J connectivity index is 1.02. The maximum absolute atomic E-state index is 15.1. The van der Waals surface area contributed by atoms with Crippen LogP contribution < -0.4 is 4.74 Å². The van der Waals surface area contributed by atoms with Gasteiger partial charge in [-0.3, -0.25) is 9.59 Å². The fraction of sp³-hybridized carbons (Fsp3) is 0.707. The minimum atomic E-state index is -1.96. The van der Waals surface area contributed by atoms with E-state index in [1.54, 1.807) is 46.8 Å². The second-order valence-electron chi connectivity index (χ2n) is 23.0. The van der Waals surface area contributed by atoms with Gasteiger partial charge in [-0.05, 0) is 91.8 Å². The van der Waals surface area contributed by atoms with Crippen molar-refractivity contribution < 1.29 is 122 Å². The maximum Gasteiger partial charge on any atom is 0.331 e. The molecule has 2 aromatic carbocycles. The molecule has 5 saturated heterocycles. The van der Waals surface area contributed by atoms with Crippen molar-refractivity contribution >= 4 is 28.3 Å². The van der Waals surface area contributed by atoms with E-state index in [-0.39, 0.29) is 71.7 Å². The number of aliphatic hydroxyl groups is 8. The number of carbonyl (C=O) groups is 3. The summed E-state index contributed by atoms with van der Waals surface area (Å²) in [5, 5.41) is 111. The van der Waals surface area contributed by atoms with Gasteiger partial charge in [0.15, 0.2) is 36.7 Å². The minimum absolute atomic E-state index is 0.0624. The average molecular weight is 1180 g/mol. The Morgan fingerprint density at radius 1 is 0.699 bits per heavy atom. The van der Waals surface area contributed by atoms with Crippen LogP contribution in [0.3, 0.4) is 0 Å². The Bertz CT molecular complexity index is 2660. The summed E-state index contributed by atoms with van der Waals surface area (Å²) in [5.74, 6) is -4.84. The van der Waals surface area contributed by atoms with Gasteiger partial charge in [-0.25, -0.2) is 4.79 Å². The largest absolute Gasteiger partial charge is 0.507 e. The summed E-state index contributed by atoms with van der Waals surface area (Å²) in [4.78, 5) is 41.6. The number of phenols is 2. The van der Waals surface area contributed by atoms with E-state index in [4.69, 9.17) is 56.8 Å². The van der Waals surface area contributed by atoms with Gasteiger partial charge in [-0.2, -0.15) is 0 Å². The third-order valence-electron chi connectivity index (χ3n) is 16.7. The summed E-state index contributed by atoms with van der Waals surface area (Å²) >= 11 is 0. The molecule has 0 bridgehead atoms. The number of rotatable bonds is 18. The molecule has 5 heterocycles. The molecule has 25 nitrogen and oxygen atoms in total. The van der Waals surface area contributed by atoms with Gasteiger partial charge in [0.25, 0.3) is 0 Å². The molecule has 25 heteroatoms. The number of aliphatic hydroxyl groups excluding tert-OH is 7. The molecule has 5 aliphatic heterocycles. The topological polar surface area (TPSA) is 364 Å². The Morgan fingerprint density at radius 2 is 1.19 bits per heavy atom. The molecule has 10 N–H and O–H groups in total. The lowest BCUT2D eigenvalue weighted by molar-refractivity contribution is -0.334. The zero-order valence-electron chi connectivity index (χ0n) is 48.2. The highest BCUT2D eigenvalue weighted by Crippen LogP contribution is 2.48. The molecule has 5 fully saturated rings. The number of fused-ring (bicyclic) bond motifs is 2. The van der Waals surface area contributed by atoms with Gasteiger partial charge in [0, 0.05) is 56.8 Å². The van der Waals surface area contributed by atoms with Crippen LogP contribution in [0.1, 0.15) is 109 Å². The molecular formula is C58H82O25. The lowest BCUT2D eigenvalue weighted by Gasteiger charge is -2.46. The van der Waals surface area contributed by atoms with E-state index in [2.05, 4.69) is 0 Å². The van der Waals surface area contributed by atoms with Crippen LogP contribution in [0.5, 0.6) is 17.2 Å². The molecule has 0 amide bonds. The van der Waals surface area contributed by atoms with Crippen molar-refractivity contribution in [3.63, 3.8) is 0 Å². The summed E-state index contributed by atoms with van der Waals surface area (Å²) in [6.45, 7) is 13.9. The van der Waals surface area contributed by atoms with E-state index in [1.165, 1.54) is 59.1 Å². The van der Waals surface area contributed by atoms with Gasteiger partial charge in [0.2, 0.25) is 6.29 Å². The van der Waals surface area contributed by atoms with Crippen molar-refractivity contribution in [3.05, 3.63) is 53.1 Å². The van der Waals surface area contributed by atoms with E-state index in [0.717, 1.165) is 0 Å². The van der Waals surface area contributed by atoms with Crippen LogP contribution in [0.15, 0.2) is 36.4 Å². The third kappa shape index (κ3) is 14.1. The Morgan fingerprint density at radius 3 is 1.72 bits per heavy atom. The molecule has 1 aliphatic carbocycles. The molecule has 0 saturated carbocycles. The van der Waals surface area contributed by atoms with E-state index in [9.17, 15) is 60.7 Å². The van der Waals surface area contributed by atoms with Gasteiger partial charge < -0.3 is 108 Å². The van der Waals surface area contributed by atoms with Crippen molar-refractivity contribution in [2.45, 2.75) is 248 Å². The molecule has 464 valence electrons. The normalized spacial score (nSPS) is 40.0. The number of phenolic OH excluding ortho intramolecular Hbond substituents is 2. The van der Waals surface area contributed by atoms with Crippen LogP contribution in [0.4, 0.5) is 0 Å². The summed E-state index contributed by atoms with van der Waals surface area (Å²) in [6, 6.07) is 3.02. The lowest BCUT2D eigenvalue weighted by atomic mass is 9.75. The number of carbonyl (C=O) groups excluding carboxylic acids is 3. The van der Waals surface area contributed by atoms with Crippen LogP contribution in [-0.4, -0.2) is 223 Å². The molecule has 0 spiro atoms. The molecule has 0 radical (unpaired) electrons. The highest BCUT2D eigenvalue weighted by molar-refractivity contribution is 6.11. The van der Waals surface area contributed by atoms with E-state index >= 15 is 4.79 Å². The third-order valence-corrected chi connectivity index (χ3v) is 16.7. The van der Waals surface area contributed by atoms with E-state index in [0.29, 0.717) is 0 Å². The number of benzene rings is 2. The predicted octanol–water partition coefficient (Wildman–Crippen LogP) is 1.43. The van der Waals surface area contributed by atoms with Gasteiger partial charge in [0.05, 0.1) is 71.5 Å². The van der Waals surface area contributed by atoms with Gasteiger partial charge in [0.1, 0.15) is 72.2 Å². The first kappa shape index (κ1) is 64.7. The molecule has 83 heavy (non-hydrogen) atoms. The number of aromatic hydroxyl groups is 2. The Labute approximate surface area is 480 Å². The molecule has 8 rings (SSSR count). The van der Waals surface area contributed by atoms with Crippen molar-refractivity contribution in [1.82, 2.24) is 0 Å². The Hall–Kier alpha value is -4.33. The number of esters is 1. The number of allylic oxidation sites excluding steroid dienone is 3. The number of ether oxygens (including phenoxy) is 12. The highest BCUT2D eigenvalue weighted by atomic mass is 16.7. The number of methoxy groups -OCH3 is 1. The van der Waals surface area contributed by atoms with E-state index < -0.39 is 182 Å². The second kappa shape index (κ2) is 26.7. The predicted molar refractivity (Wildman–Crippen MR) is 286 cm³/mol. The number of Topliss-reactive ketones (excluding diaryl/α,β-unsaturated/α-hetero) is 2. The number of ketones is 2. The minimum Gasteiger partial charge on any atom is -0.507 e. The van der Waals surface area contributed by atoms with Crippen LogP contribution in [0.25, 0.3) is 10.8 Å². The highest BCUT2D eigenvalue weighted by Gasteiger charge is 2.52. The zero-order chi connectivity index (χ0) is 60.7. The summed E-state index contributed by atoms with van der Waals surface area (Å²) in [6.07, 6.45) is -21.4. The monoisotopic (exact) mass is 1180 g/mol. The standard InChI is InChI=1S/C58H82O25/c1-11-12-13-14-38(60)78-34-18-40(74-25(4)48(34)63)80-35-19-39(73-26(5)49(35)64)79-33-17-31-15-30-16-32(55(72-10)54(69)47(62)24(3)59)56(53(68)45(30)52(67)44(31)46(61)23(33)2)83-42-21-36(50(65)28(7)76-42)81-41-20-37(51(66)27(6)75-41)82-43-22-58(9,71)57(70)29(8)77-43/h11-15,17,24-29,32,34-37,39-43,47-51,55-57,59,61-67,70-71H,16,18-22H2,1-10H3/b12-11+,14-13+/t24-,25?,26?,27?,28?,29?,32+,34-,35-,36-,37-,39+,40+,41+,42+,43+,47+,48-,49-,50-,51+,55+,56+,57-,58+/m1/s1. The first-order valence-corrected chi connectivity index (χ1v) is 28.3. The fourth-order valence-corrected chi connectivity index (χ4v) is 11.9. The van der Waals surface area contributed by atoms with Crippen LogP contribution >= 0.6 is 0 Å². The van der Waals surface area contributed by atoms with Crippen LogP contribution in [0.2, 0.25) is 0 Å². The summed E-state index contributed by atoms with van der Waals surface area (Å²) in [7, 11) is 1.18. The quantitative estimate of drug-likeness (QED) is 0.0573. The summed E-state index contributed by atoms with van der Waals surface area (Å²) < 4.78 is 72.6. The lowest BCUT2D eigenvalue weighted by Crippen LogP contribution is -2.58. The fourth-order valence-electron chi connectivity index (χ4n) is 11.9. The molecule has 6 aliphatic rings. The first-order valence-electron chi connectivity index (χ1n) is 28.3. The van der Waals surface area contributed by atoms with Crippen molar-refractivity contribution in [2.75, 3.05) is 7.11 Å².